The summed E-state index contributed by atoms with van der Waals surface area (Å²) in [6, 6.07) is 2.16. The van der Waals surface area contributed by atoms with Crippen molar-refractivity contribution in [1.29, 1.82) is 0 Å². The molecule has 1 N–H and O–H groups in total. The Hall–Kier alpha value is -1.46. The molecule has 0 spiro atoms. The Balaban J connectivity index is 2.38. The lowest BCUT2D eigenvalue weighted by Crippen LogP contribution is -2.23. The van der Waals surface area contributed by atoms with Crippen LogP contribution in [0.3, 0.4) is 0 Å². The molecule has 0 aliphatic rings. The van der Waals surface area contributed by atoms with E-state index in [1.54, 1.807) is 24.6 Å². The summed E-state index contributed by atoms with van der Waals surface area (Å²) in [5.41, 5.74) is 2.20. The normalized spacial score (nSPS) is 12.4. The van der Waals surface area contributed by atoms with Gasteiger partial charge in [0.2, 0.25) is 0 Å². The first-order chi connectivity index (χ1) is 9.65. The molecular weight excluding hydrogens is 270 g/mol. The van der Waals surface area contributed by atoms with Gasteiger partial charge < -0.3 is 10.1 Å². The minimum Gasteiger partial charge on any atom is -0.495 e. The van der Waals surface area contributed by atoms with Crippen molar-refractivity contribution in [1.82, 2.24) is 15.3 Å². The van der Waals surface area contributed by atoms with E-state index in [4.69, 9.17) is 4.74 Å². The molecule has 0 bridgehead atoms. The fourth-order valence-electron chi connectivity index (χ4n) is 2.17. The standard InChI is InChI=1S/C15H21N3OS/c1-5-6-17-14(15-10(2)18-11(3)20-15)12-7-13(19-4)9-16-8-12/h7-9,14,17H,5-6H2,1-4H3. The third kappa shape index (κ3) is 3.35. The van der Waals surface area contributed by atoms with Crippen LogP contribution < -0.4 is 10.1 Å². The lowest BCUT2D eigenvalue weighted by atomic mass is 10.1. The molecule has 20 heavy (non-hydrogen) atoms. The second-order valence-electron chi connectivity index (χ2n) is 4.73. The number of nitrogens with one attached hydrogen (secondary N) is 1. The maximum Gasteiger partial charge on any atom is 0.137 e. The molecule has 0 aromatic carbocycles. The maximum atomic E-state index is 5.28. The summed E-state index contributed by atoms with van der Waals surface area (Å²) in [6.45, 7) is 7.23. The lowest BCUT2D eigenvalue weighted by molar-refractivity contribution is 0.411. The summed E-state index contributed by atoms with van der Waals surface area (Å²) in [5, 5.41) is 4.68. The first-order valence-electron chi connectivity index (χ1n) is 6.82. The van der Waals surface area contributed by atoms with Crippen molar-refractivity contribution < 1.29 is 4.74 Å². The van der Waals surface area contributed by atoms with E-state index in [-0.39, 0.29) is 6.04 Å². The van der Waals surface area contributed by atoms with Crippen LogP contribution in [0.15, 0.2) is 18.5 Å². The molecular formula is C15H21N3OS. The SMILES string of the molecule is CCCNC(c1cncc(OC)c1)c1sc(C)nc1C. The number of methoxy groups -OCH3 is 1. The molecule has 2 heterocycles. The number of aromatic nitrogens is 2. The summed E-state index contributed by atoms with van der Waals surface area (Å²) in [6.07, 6.45) is 4.71. The summed E-state index contributed by atoms with van der Waals surface area (Å²) in [5.74, 6) is 0.782. The summed E-state index contributed by atoms with van der Waals surface area (Å²) in [4.78, 5) is 10.1. The Labute approximate surface area is 124 Å². The highest BCUT2D eigenvalue weighted by atomic mass is 32.1. The first kappa shape index (κ1) is 14.9. The van der Waals surface area contributed by atoms with Gasteiger partial charge >= 0.3 is 0 Å². The van der Waals surface area contributed by atoms with Crippen molar-refractivity contribution >= 4 is 11.3 Å². The van der Waals surface area contributed by atoms with E-state index in [2.05, 4.69) is 29.1 Å². The van der Waals surface area contributed by atoms with E-state index in [0.717, 1.165) is 35.0 Å². The van der Waals surface area contributed by atoms with Gasteiger partial charge in [-0.15, -0.1) is 11.3 Å². The molecule has 4 nitrogen and oxygen atoms in total. The van der Waals surface area contributed by atoms with Crippen molar-refractivity contribution in [2.24, 2.45) is 0 Å². The number of ether oxygens (including phenoxy) is 1. The molecule has 0 fully saturated rings. The average molecular weight is 291 g/mol. The van der Waals surface area contributed by atoms with Crippen molar-refractivity contribution in [2.45, 2.75) is 33.2 Å². The minimum atomic E-state index is 0.128. The van der Waals surface area contributed by atoms with Crippen molar-refractivity contribution in [2.75, 3.05) is 13.7 Å². The summed E-state index contributed by atoms with van der Waals surface area (Å²) in [7, 11) is 1.66. The van der Waals surface area contributed by atoms with E-state index >= 15 is 0 Å². The van der Waals surface area contributed by atoms with Crippen LogP contribution in [-0.2, 0) is 0 Å². The van der Waals surface area contributed by atoms with Crippen LogP contribution in [0.2, 0.25) is 0 Å². The Morgan fingerprint density at radius 1 is 1.35 bits per heavy atom. The molecule has 5 heteroatoms. The molecule has 108 valence electrons. The molecule has 0 radical (unpaired) electrons. The smallest absolute Gasteiger partial charge is 0.137 e. The van der Waals surface area contributed by atoms with Crippen LogP contribution in [0.4, 0.5) is 0 Å². The van der Waals surface area contributed by atoms with E-state index in [9.17, 15) is 0 Å². The van der Waals surface area contributed by atoms with E-state index in [1.165, 1.54) is 4.88 Å². The predicted octanol–water partition coefficient (Wildman–Crippen LogP) is 3.25. The Kier molecular flexibility index (Phi) is 5.09. The van der Waals surface area contributed by atoms with Gasteiger partial charge in [-0.25, -0.2) is 4.98 Å². The zero-order valence-electron chi connectivity index (χ0n) is 12.4. The molecule has 1 atom stereocenters. The molecule has 0 saturated heterocycles. The minimum absolute atomic E-state index is 0.128. The van der Waals surface area contributed by atoms with Gasteiger partial charge in [0.05, 0.1) is 30.1 Å². The van der Waals surface area contributed by atoms with Crippen LogP contribution in [0.1, 0.15) is 40.5 Å². The Bertz CT molecular complexity index is 568. The van der Waals surface area contributed by atoms with Gasteiger partial charge in [0.15, 0.2) is 0 Å². The highest BCUT2D eigenvalue weighted by Gasteiger charge is 2.19. The molecule has 0 aliphatic heterocycles. The Morgan fingerprint density at radius 2 is 2.15 bits per heavy atom. The van der Waals surface area contributed by atoms with Crippen LogP contribution in [0.5, 0.6) is 5.75 Å². The topological polar surface area (TPSA) is 47.0 Å². The summed E-state index contributed by atoms with van der Waals surface area (Å²) < 4.78 is 5.28. The van der Waals surface area contributed by atoms with Crippen LogP contribution >= 0.6 is 11.3 Å². The number of hydrogen-bond acceptors (Lipinski definition) is 5. The van der Waals surface area contributed by atoms with Crippen molar-refractivity contribution in [3.63, 3.8) is 0 Å². The lowest BCUT2D eigenvalue weighted by Gasteiger charge is -2.18. The number of nitrogens with zero attached hydrogens (tertiary/aromatic N) is 2. The zero-order chi connectivity index (χ0) is 14.5. The zero-order valence-corrected chi connectivity index (χ0v) is 13.3. The average Bonchev–Trinajstić information content (AvgIpc) is 2.78. The first-order valence-corrected chi connectivity index (χ1v) is 7.63. The van der Waals surface area contributed by atoms with Crippen LogP contribution in [0, 0.1) is 13.8 Å². The molecule has 0 saturated carbocycles. The van der Waals surface area contributed by atoms with Gasteiger partial charge in [-0.05, 0) is 38.4 Å². The Morgan fingerprint density at radius 3 is 2.75 bits per heavy atom. The van der Waals surface area contributed by atoms with E-state index in [0.29, 0.717) is 0 Å². The van der Waals surface area contributed by atoms with Crippen LogP contribution in [0.25, 0.3) is 0 Å². The van der Waals surface area contributed by atoms with Gasteiger partial charge in [0, 0.05) is 11.1 Å². The summed E-state index contributed by atoms with van der Waals surface area (Å²) >= 11 is 1.74. The monoisotopic (exact) mass is 291 g/mol. The largest absolute Gasteiger partial charge is 0.495 e. The van der Waals surface area contributed by atoms with Crippen molar-refractivity contribution in [3.8, 4) is 5.75 Å². The molecule has 1 unspecified atom stereocenters. The fourth-order valence-corrected chi connectivity index (χ4v) is 3.20. The second kappa shape index (κ2) is 6.81. The number of aryl methyl sites for hydroxylation is 2. The highest BCUT2D eigenvalue weighted by Crippen LogP contribution is 2.30. The number of thiazole rings is 1. The predicted molar refractivity (Wildman–Crippen MR) is 82.5 cm³/mol. The van der Waals surface area contributed by atoms with E-state index in [1.807, 2.05) is 19.2 Å². The fraction of sp³-hybridized carbons (Fsp3) is 0.467. The third-order valence-electron chi connectivity index (χ3n) is 3.10. The third-order valence-corrected chi connectivity index (χ3v) is 4.24. The maximum absolute atomic E-state index is 5.28. The van der Waals surface area contributed by atoms with Gasteiger partial charge in [0.25, 0.3) is 0 Å². The van der Waals surface area contributed by atoms with Gasteiger partial charge in [-0.3, -0.25) is 4.98 Å². The molecule has 2 aromatic heterocycles. The van der Waals surface area contributed by atoms with Crippen molar-refractivity contribution in [3.05, 3.63) is 39.6 Å². The molecule has 0 aliphatic carbocycles. The molecule has 2 rings (SSSR count). The van der Waals surface area contributed by atoms with Crippen LogP contribution in [-0.4, -0.2) is 23.6 Å². The molecule has 0 amide bonds. The van der Waals surface area contributed by atoms with Gasteiger partial charge in [-0.1, -0.05) is 6.92 Å². The number of hydrogen-bond donors (Lipinski definition) is 1. The number of rotatable bonds is 6. The highest BCUT2D eigenvalue weighted by molar-refractivity contribution is 7.11. The quantitative estimate of drug-likeness (QED) is 0.887. The van der Waals surface area contributed by atoms with E-state index < -0.39 is 0 Å². The van der Waals surface area contributed by atoms with Gasteiger partial charge in [0.1, 0.15) is 5.75 Å². The number of pyridine rings is 1. The second-order valence-corrected chi connectivity index (χ2v) is 5.96. The van der Waals surface area contributed by atoms with Gasteiger partial charge in [-0.2, -0.15) is 0 Å². The molecule has 2 aromatic rings.